The molecule has 90 valence electrons. The second-order valence-electron chi connectivity index (χ2n) is 3.61. The third kappa shape index (κ3) is 2.04. The van der Waals surface area contributed by atoms with Gasteiger partial charge in [-0.2, -0.15) is 0 Å². The number of rotatable bonds is 2. The maximum atomic E-state index is 11.6. The van der Waals surface area contributed by atoms with Crippen LogP contribution in [0.1, 0.15) is 28.8 Å². The van der Waals surface area contributed by atoms with Gasteiger partial charge >= 0.3 is 5.97 Å². The standard InChI is InChI=1S/C11H12BrN3O2/c1-4-17-10(16)8-5-15-7(3)9(12)6(2)13-11(15)14-8/h5H,4H2,1-3H3. The first kappa shape index (κ1) is 12.0. The van der Waals surface area contributed by atoms with Gasteiger partial charge in [0.2, 0.25) is 5.78 Å². The van der Waals surface area contributed by atoms with Gasteiger partial charge in [0.15, 0.2) is 5.69 Å². The van der Waals surface area contributed by atoms with Gasteiger partial charge < -0.3 is 4.74 Å². The summed E-state index contributed by atoms with van der Waals surface area (Å²) in [6.07, 6.45) is 1.64. The number of hydrogen-bond acceptors (Lipinski definition) is 4. The van der Waals surface area contributed by atoms with E-state index in [0.29, 0.717) is 12.4 Å². The molecule has 5 nitrogen and oxygen atoms in total. The highest BCUT2D eigenvalue weighted by Gasteiger charge is 2.15. The van der Waals surface area contributed by atoms with Gasteiger partial charge in [-0.15, -0.1) is 0 Å². The molecule has 2 aromatic rings. The average molecular weight is 298 g/mol. The Balaban J connectivity index is 2.58. The van der Waals surface area contributed by atoms with Crippen LogP contribution in [0.2, 0.25) is 0 Å². The summed E-state index contributed by atoms with van der Waals surface area (Å²) in [4.78, 5) is 20.0. The van der Waals surface area contributed by atoms with Gasteiger partial charge in [-0.25, -0.2) is 14.8 Å². The van der Waals surface area contributed by atoms with E-state index in [-0.39, 0.29) is 5.69 Å². The molecule has 0 aromatic carbocycles. The van der Waals surface area contributed by atoms with Crippen LogP contribution in [-0.2, 0) is 4.74 Å². The van der Waals surface area contributed by atoms with E-state index >= 15 is 0 Å². The van der Waals surface area contributed by atoms with Crippen molar-refractivity contribution in [2.45, 2.75) is 20.8 Å². The summed E-state index contributed by atoms with van der Waals surface area (Å²) in [5.41, 5.74) is 2.08. The molecule has 6 heteroatoms. The first-order valence-electron chi connectivity index (χ1n) is 5.23. The summed E-state index contributed by atoms with van der Waals surface area (Å²) < 4.78 is 7.59. The maximum Gasteiger partial charge on any atom is 0.358 e. The number of halogens is 1. The largest absolute Gasteiger partial charge is 0.461 e. The first-order valence-corrected chi connectivity index (χ1v) is 6.02. The summed E-state index contributed by atoms with van der Waals surface area (Å²) >= 11 is 3.45. The second-order valence-corrected chi connectivity index (χ2v) is 4.41. The van der Waals surface area contributed by atoms with E-state index in [1.54, 1.807) is 17.5 Å². The van der Waals surface area contributed by atoms with E-state index in [0.717, 1.165) is 15.9 Å². The van der Waals surface area contributed by atoms with E-state index in [9.17, 15) is 4.79 Å². The molecule has 0 unspecified atom stereocenters. The van der Waals surface area contributed by atoms with Crippen LogP contribution in [0.15, 0.2) is 10.7 Å². The van der Waals surface area contributed by atoms with Crippen molar-refractivity contribution in [2.24, 2.45) is 0 Å². The molecule has 2 heterocycles. The van der Waals surface area contributed by atoms with Crippen molar-refractivity contribution in [3.63, 3.8) is 0 Å². The Morgan fingerprint density at radius 2 is 2.18 bits per heavy atom. The Kier molecular flexibility index (Phi) is 3.15. The summed E-state index contributed by atoms with van der Waals surface area (Å²) in [7, 11) is 0. The van der Waals surface area contributed by atoms with Crippen molar-refractivity contribution in [3.05, 3.63) is 27.8 Å². The molecule has 0 saturated carbocycles. The zero-order valence-corrected chi connectivity index (χ0v) is 11.4. The van der Waals surface area contributed by atoms with Gasteiger partial charge in [0, 0.05) is 11.9 Å². The number of hydrogen-bond donors (Lipinski definition) is 0. The highest BCUT2D eigenvalue weighted by Crippen LogP contribution is 2.20. The minimum Gasteiger partial charge on any atom is -0.461 e. The maximum absolute atomic E-state index is 11.6. The third-order valence-corrected chi connectivity index (χ3v) is 3.58. The van der Waals surface area contributed by atoms with Crippen molar-refractivity contribution >= 4 is 27.7 Å². The van der Waals surface area contributed by atoms with Crippen molar-refractivity contribution in [1.29, 1.82) is 0 Å². The van der Waals surface area contributed by atoms with Crippen molar-refractivity contribution in [2.75, 3.05) is 6.61 Å². The fourth-order valence-electron chi connectivity index (χ4n) is 1.57. The zero-order valence-electron chi connectivity index (χ0n) is 9.82. The fraction of sp³-hybridized carbons (Fsp3) is 0.364. The summed E-state index contributed by atoms with van der Waals surface area (Å²) in [6.45, 7) is 5.91. The number of fused-ring (bicyclic) bond motifs is 1. The summed E-state index contributed by atoms with van der Waals surface area (Å²) in [5, 5.41) is 0. The lowest BCUT2D eigenvalue weighted by molar-refractivity contribution is 0.0520. The number of carbonyl (C=O) groups is 1. The predicted octanol–water partition coefficient (Wildman–Crippen LogP) is 2.29. The number of aromatic nitrogens is 3. The van der Waals surface area contributed by atoms with E-state index in [4.69, 9.17) is 4.74 Å². The second kappa shape index (κ2) is 4.44. The Bertz CT molecular complexity index is 592. The van der Waals surface area contributed by atoms with Gasteiger partial charge in [-0.05, 0) is 36.7 Å². The topological polar surface area (TPSA) is 56.5 Å². The minimum atomic E-state index is -0.425. The fourth-order valence-corrected chi connectivity index (χ4v) is 1.85. The molecule has 0 amide bonds. The molecule has 0 radical (unpaired) electrons. The quantitative estimate of drug-likeness (QED) is 0.798. The van der Waals surface area contributed by atoms with Crippen molar-refractivity contribution < 1.29 is 9.53 Å². The van der Waals surface area contributed by atoms with Gasteiger partial charge in [-0.3, -0.25) is 4.40 Å². The van der Waals surface area contributed by atoms with Gasteiger partial charge in [-0.1, -0.05) is 0 Å². The highest BCUT2D eigenvalue weighted by atomic mass is 79.9. The minimum absolute atomic E-state index is 0.278. The Labute approximate surface area is 107 Å². The molecular weight excluding hydrogens is 286 g/mol. The first-order chi connectivity index (χ1) is 8.04. The Morgan fingerprint density at radius 3 is 2.82 bits per heavy atom. The molecule has 2 aromatic heterocycles. The summed E-state index contributed by atoms with van der Waals surface area (Å²) in [6, 6.07) is 0. The molecule has 0 N–H and O–H groups in total. The molecule has 17 heavy (non-hydrogen) atoms. The molecule has 0 saturated heterocycles. The lowest BCUT2D eigenvalue weighted by atomic mass is 10.3. The van der Waals surface area contributed by atoms with Crippen LogP contribution in [0.4, 0.5) is 0 Å². The number of esters is 1. The van der Waals surface area contributed by atoms with Crippen LogP contribution in [0.25, 0.3) is 5.78 Å². The molecular formula is C11H12BrN3O2. The predicted molar refractivity (Wildman–Crippen MR) is 66.1 cm³/mol. The highest BCUT2D eigenvalue weighted by molar-refractivity contribution is 9.10. The van der Waals surface area contributed by atoms with Crippen LogP contribution in [0.3, 0.4) is 0 Å². The van der Waals surface area contributed by atoms with Crippen molar-refractivity contribution in [1.82, 2.24) is 14.4 Å². The third-order valence-electron chi connectivity index (χ3n) is 2.44. The molecule has 0 atom stereocenters. The number of ether oxygens (including phenoxy) is 1. The molecule has 0 aliphatic heterocycles. The van der Waals surface area contributed by atoms with Crippen LogP contribution >= 0.6 is 15.9 Å². The summed E-state index contributed by atoms with van der Waals surface area (Å²) in [5.74, 6) is 0.0810. The van der Waals surface area contributed by atoms with E-state index < -0.39 is 5.97 Å². The lowest BCUT2D eigenvalue weighted by Gasteiger charge is -2.03. The molecule has 0 bridgehead atoms. The van der Waals surface area contributed by atoms with Crippen LogP contribution in [0, 0.1) is 13.8 Å². The van der Waals surface area contributed by atoms with E-state index in [2.05, 4.69) is 25.9 Å². The Hall–Kier alpha value is -1.43. The molecule has 0 fully saturated rings. The van der Waals surface area contributed by atoms with Gasteiger partial charge in [0.25, 0.3) is 0 Å². The SMILES string of the molecule is CCOC(=O)c1cn2c(C)c(Br)c(C)nc2n1. The van der Waals surface area contributed by atoms with Crippen LogP contribution in [0.5, 0.6) is 0 Å². The molecule has 0 aliphatic rings. The van der Waals surface area contributed by atoms with Crippen LogP contribution in [-0.4, -0.2) is 26.9 Å². The van der Waals surface area contributed by atoms with Gasteiger partial charge in [0.1, 0.15) is 0 Å². The average Bonchev–Trinajstić information content (AvgIpc) is 2.70. The zero-order chi connectivity index (χ0) is 12.6. The van der Waals surface area contributed by atoms with E-state index in [1.807, 2.05) is 13.8 Å². The Morgan fingerprint density at radius 1 is 1.47 bits per heavy atom. The molecule has 0 spiro atoms. The smallest absolute Gasteiger partial charge is 0.358 e. The normalized spacial score (nSPS) is 10.8. The molecule has 2 rings (SSSR count). The van der Waals surface area contributed by atoms with Gasteiger partial charge in [0.05, 0.1) is 16.8 Å². The monoisotopic (exact) mass is 297 g/mol. The number of nitrogens with zero attached hydrogens (tertiary/aromatic N) is 3. The number of aryl methyl sites for hydroxylation is 2. The number of imidazole rings is 1. The van der Waals surface area contributed by atoms with Crippen molar-refractivity contribution in [3.8, 4) is 0 Å². The number of carbonyl (C=O) groups excluding carboxylic acids is 1. The lowest BCUT2D eigenvalue weighted by Crippen LogP contribution is -2.04. The molecule has 0 aliphatic carbocycles. The van der Waals surface area contributed by atoms with Crippen LogP contribution < -0.4 is 0 Å². The van der Waals surface area contributed by atoms with E-state index in [1.165, 1.54) is 0 Å².